The zero-order chi connectivity index (χ0) is 39.9. The zero-order valence-corrected chi connectivity index (χ0v) is 33.6. The van der Waals surface area contributed by atoms with Gasteiger partial charge in [-0.05, 0) is 39.5 Å². The molecule has 3 aliphatic rings. The molecule has 11 unspecified atom stereocenters. The van der Waals surface area contributed by atoms with Gasteiger partial charge < -0.3 is 78.0 Å². The molecule has 3 fully saturated rings. The molecule has 3 heterocycles. The number of aliphatic hydroxyl groups is 6. The maximum atomic E-state index is 12.5. The van der Waals surface area contributed by atoms with Crippen molar-refractivity contribution in [1.29, 1.82) is 0 Å². The van der Waals surface area contributed by atoms with E-state index < -0.39 is 102 Å². The minimum absolute atomic E-state index is 0.000223. The summed E-state index contributed by atoms with van der Waals surface area (Å²) in [5.74, 6) is 0. The van der Waals surface area contributed by atoms with E-state index in [1.807, 2.05) is 27.7 Å². The lowest BCUT2D eigenvalue weighted by Crippen LogP contribution is -2.77. The lowest BCUT2D eigenvalue weighted by atomic mass is 9.69. The predicted octanol–water partition coefficient (Wildman–Crippen LogP) is 0.461. The van der Waals surface area contributed by atoms with Gasteiger partial charge in [0.05, 0.1) is 31.0 Å². The Hall–Kier alpha value is -0.640. The lowest BCUT2D eigenvalue weighted by molar-refractivity contribution is -0.385. The number of hydrogen-bond acceptors (Lipinski definition) is 16. The van der Waals surface area contributed by atoms with Gasteiger partial charge in [-0.1, -0.05) is 40.5 Å². The van der Waals surface area contributed by atoms with E-state index in [9.17, 15) is 30.6 Å². The van der Waals surface area contributed by atoms with Crippen molar-refractivity contribution >= 4 is 0 Å². The molecular weight excluding hydrogens is 700 g/mol. The second-order valence-corrected chi connectivity index (χ2v) is 15.1. The van der Waals surface area contributed by atoms with Crippen molar-refractivity contribution in [2.45, 2.75) is 182 Å². The maximum absolute atomic E-state index is 12.5. The first-order valence-corrected chi connectivity index (χ1v) is 19.0. The molecule has 16 nitrogen and oxygen atoms in total. The van der Waals surface area contributed by atoms with Crippen LogP contribution in [0.4, 0.5) is 0 Å². The van der Waals surface area contributed by atoms with Crippen molar-refractivity contribution in [1.82, 2.24) is 0 Å². The third-order valence-corrected chi connectivity index (χ3v) is 12.1. The van der Waals surface area contributed by atoms with Crippen LogP contribution in [0.15, 0.2) is 0 Å². The molecule has 0 amide bonds. The molecule has 53 heavy (non-hydrogen) atoms. The molecule has 0 spiro atoms. The van der Waals surface area contributed by atoms with Crippen molar-refractivity contribution < 1.29 is 78.0 Å². The highest BCUT2D eigenvalue weighted by Crippen LogP contribution is 2.51. The Balaban J connectivity index is 2.17. The highest BCUT2D eigenvalue weighted by atomic mass is 16.7. The topological polar surface area (TPSA) is 214 Å². The number of aliphatic hydroxyl groups excluding tert-OH is 6. The normalized spacial score (nSPS) is 43.3. The van der Waals surface area contributed by atoms with E-state index in [0.717, 1.165) is 0 Å². The van der Waals surface area contributed by atoms with E-state index in [1.54, 1.807) is 13.8 Å². The van der Waals surface area contributed by atoms with Crippen LogP contribution in [0.25, 0.3) is 0 Å². The zero-order valence-electron chi connectivity index (χ0n) is 33.6. The summed E-state index contributed by atoms with van der Waals surface area (Å²) in [5, 5.41) is 67.1. The standard InChI is InChI=1S/C37H70O16/c1-12-16-36(14-3,34(5)31(47-10)26(40)24(38)21(50-34)18-44-7)53-30-23(20-46-9)51-35(6,32(48-11)28(30)42)37(15-4,17-13-2)52-29-22(19-45-8)49-33(43)27(41)25(29)39/h21-33,38-43H,12-20H2,1-11H3/t21?,22?,23?,24-,25?,26?,27?,28?,29-,30-,31?,32?,33-,34-,35-,36?,37?/m1/s1. The Morgan fingerprint density at radius 1 is 0.528 bits per heavy atom. The molecule has 0 bridgehead atoms. The molecule has 3 rings (SSSR count). The Bertz CT molecular complexity index is 1090. The van der Waals surface area contributed by atoms with Gasteiger partial charge in [0.15, 0.2) is 6.29 Å². The highest BCUT2D eigenvalue weighted by molar-refractivity contribution is 5.16. The molecule has 314 valence electrons. The molecule has 0 aliphatic carbocycles. The van der Waals surface area contributed by atoms with Gasteiger partial charge in [-0.2, -0.15) is 0 Å². The summed E-state index contributed by atoms with van der Waals surface area (Å²) in [7, 11) is 7.34. The van der Waals surface area contributed by atoms with Gasteiger partial charge in [-0.25, -0.2) is 0 Å². The first-order valence-electron chi connectivity index (χ1n) is 19.0. The van der Waals surface area contributed by atoms with E-state index in [1.165, 1.54) is 35.5 Å². The largest absolute Gasteiger partial charge is 0.388 e. The average molecular weight is 771 g/mol. The van der Waals surface area contributed by atoms with E-state index in [0.29, 0.717) is 38.5 Å². The summed E-state index contributed by atoms with van der Waals surface area (Å²) in [6.07, 6.45) is -13.4. The minimum atomic E-state index is -1.66. The van der Waals surface area contributed by atoms with Crippen molar-refractivity contribution in [3.05, 3.63) is 0 Å². The molecule has 3 aliphatic heterocycles. The molecule has 17 atom stereocenters. The summed E-state index contributed by atoms with van der Waals surface area (Å²) in [5.41, 5.74) is -5.30. The van der Waals surface area contributed by atoms with Crippen LogP contribution in [0.3, 0.4) is 0 Å². The van der Waals surface area contributed by atoms with Crippen LogP contribution in [-0.2, 0) is 47.4 Å². The Morgan fingerprint density at radius 3 is 1.38 bits per heavy atom. The van der Waals surface area contributed by atoms with E-state index in [-0.39, 0.29) is 19.8 Å². The fourth-order valence-electron chi connectivity index (χ4n) is 9.30. The van der Waals surface area contributed by atoms with Crippen LogP contribution in [0, 0.1) is 0 Å². The van der Waals surface area contributed by atoms with Gasteiger partial charge in [-0.15, -0.1) is 0 Å². The molecule has 0 aromatic rings. The molecule has 0 aromatic heterocycles. The van der Waals surface area contributed by atoms with Crippen molar-refractivity contribution in [3.63, 3.8) is 0 Å². The van der Waals surface area contributed by atoms with Crippen molar-refractivity contribution in [3.8, 4) is 0 Å². The van der Waals surface area contributed by atoms with Crippen molar-refractivity contribution in [2.24, 2.45) is 0 Å². The predicted molar refractivity (Wildman–Crippen MR) is 190 cm³/mol. The third-order valence-electron chi connectivity index (χ3n) is 12.1. The molecular formula is C37H70O16. The lowest BCUT2D eigenvalue weighted by Gasteiger charge is -2.61. The van der Waals surface area contributed by atoms with Gasteiger partial charge in [0.1, 0.15) is 84.4 Å². The molecule has 16 heteroatoms. The van der Waals surface area contributed by atoms with E-state index in [4.69, 9.17) is 47.4 Å². The highest BCUT2D eigenvalue weighted by Gasteiger charge is 2.67. The van der Waals surface area contributed by atoms with Crippen LogP contribution in [0.2, 0.25) is 0 Å². The fraction of sp³-hybridized carbons (Fsp3) is 1.00. The smallest absolute Gasteiger partial charge is 0.184 e. The fourth-order valence-corrected chi connectivity index (χ4v) is 9.30. The molecule has 0 saturated carbocycles. The summed E-state index contributed by atoms with van der Waals surface area (Å²) in [6, 6.07) is 0. The summed E-state index contributed by atoms with van der Waals surface area (Å²) in [6.45, 7) is 11.3. The van der Waals surface area contributed by atoms with E-state index in [2.05, 4.69) is 0 Å². The SMILES string of the molecule is CCCC(CC)(O[C@@H]1C(COC)O[C@@](C)(C(CC)(CCC)O[C@@H]2C(COC)O[C@@H](O)C(O)C2O)C(OC)C1O)[C@]1(C)OC(COC)[C@@H](O)C(O)C1OC. The number of hydrogen-bond donors (Lipinski definition) is 6. The van der Waals surface area contributed by atoms with Crippen LogP contribution in [0.1, 0.15) is 80.1 Å². The second kappa shape index (κ2) is 19.7. The second-order valence-electron chi connectivity index (χ2n) is 15.1. The first-order chi connectivity index (χ1) is 25.1. The van der Waals surface area contributed by atoms with E-state index >= 15 is 0 Å². The number of rotatable bonds is 20. The van der Waals surface area contributed by atoms with Gasteiger partial charge >= 0.3 is 0 Å². The maximum Gasteiger partial charge on any atom is 0.184 e. The molecule has 3 saturated heterocycles. The number of ether oxygens (including phenoxy) is 10. The molecule has 6 N–H and O–H groups in total. The quantitative estimate of drug-likeness (QED) is 0.0993. The van der Waals surface area contributed by atoms with Gasteiger partial charge in [0, 0.05) is 35.5 Å². The number of methoxy groups -OCH3 is 5. The van der Waals surface area contributed by atoms with Gasteiger partial charge in [0.2, 0.25) is 0 Å². The Morgan fingerprint density at radius 2 is 0.943 bits per heavy atom. The average Bonchev–Trinajstić information content (AvgIpc) is 3.12. The van der Waals surface area contributed by atoms with Crippen LogP contribution in [0.5, 0.6) is 0 Å². The molecule has 0 aromatic carbocycles. The van der Waals surface area contributed by atoms with Crippen molar-refractivity contribution in [2.75, 3.05) is 55.4 Å². The summed E-state index contributed by atoms with van der Waals surface area (Å²) in [4.78, 5) is 0. The first kappa shape index (κ1) is 46.7. The molecule has 0 radical (unpaired) electrons. The van der Waals surface area contributed by atoms with Crippen LogP contribution >= 0.6 is 0 Å². The minimum Gasteiger partial charge on any atom is -0.388 e. The monoisotopic (exact) mass is 770 g/mol. The summed E-state index contributed by atoms with van der Waals surface area (Å²) < 4.78 is 61.7. The Kier molecular flexibility index (Phi) is 17.4. The summed E-state index contributed by atoms with van der Waals surface area (Å²) >= 11 is 0. The third kappa shape index (κ3) is 8.64. The Labute approximate surface area is 315 Å². The van der Waals surface area contributed by atoms with Gasteiger partial charge in [-0.3, -0.25) is 0 Å². The van der Waals surface area contributed by atoms with Crippen LogP contribution in [-0.4, -0.2) is 188 Å². The van der Waals surface area contributed by atoms with Gasteiger partial charge in [0.25, 0.3) is 0 Å². The van der Waals surface area contributed by atoms with Crippen LogP contribution < -0.4 is 0 Å².